The van der Waals surface area contributed by atoms with Crippen molar-refractivity contribution in [2.24, 2.45) is 0 Å². The van der Waals surface area contributed by atoms with Gasteiger partial charge < -0.3 is 25.0 Å². The highest BCUT2D eigenvalue weighted by atomic mass is 16.5. The van der Waals surface area contributed by atoms with E-state index in [4.69, 9.17) is 9.47 Å². The molecule has 0 fully saturated rings. The molecule has 7 nitrogen and oxygen atoms in total. The summed E-state index contributed by atoms with van der Waals surface area (Å²) in [6.07, 6.45) is 0.819. The number of nitrogens with zero attached hydrogens (tertiary/aromatic N) is 1. The highest BCUT2D eigenvalue weighted by Gasteiger charge is 2.25. The molecule has 3 amide bonds. The van der Waals surface area contributed by atoms with Gasteiger partial charge in [-0.25, -0.2) is 4.79 Å². The van der Waals surface area contributed by atoms with Gasteiger partial charge in [0.25, 0.3) is 5.91 Å². The minimum absolute atomic E-state index is 0.0147. The highest BCUT2D eigenvalue weighted by Crippen LogP contribution is 2.30. The number of hydrogen-bond acceptors (Lipinski definition) is 4. The number of ether oxygens (including phenoxy) is 2. The summed E-state index contributed by atoms with van der Waals surface area (Å²) in [6.45, 7) is 0.978. The first-order valence-electron chi connectivity index (χ1n) is 10.3. The third kappa shape index (κ3) is 4.67. The number of urea groups is 1. The molecule has 1 aliphatic heterocycles. The Labute approximate surface area is 187 Å². The SMILES string of the molecule is COc1cc(NC(=O)NCc2ccc3c(c2)N(C(=O)c2ccccc2)CC3)cc(OC)c1. The average molecular weight is 431 g/mol. The fourth-order valence-electron chi connectivity index (χ4n) is 3.72. The second-order valence-corrected chi connectivity index (χ2v) is 7.44. The van der Waals surface area contributed by atoms with E-state index in [2.05, 4.69) is 10.6 Å². The molecule has 0 aromatic heterocycles. The van der Waals surface area contributed by atoms with Crippen LogP contribution in [0.4, 0.5) is 16.2 Å². The molecule has 0 spiro atoms. The molecule has 32 heavy (non-hydrogen) atoms. The van der Waals surface area contributed by atoms with E-state index in [1.54, 1.807) is 37.3 Å². The predicted octanol–water partition coefficient (Wildman–Crippen LogP) is 4.23. The molecule has 0 aliphatic carbocycles. The van der Waals surface area contributed by atoms with Crippen molar-refractivity contribution in [1.82, 2.24) is 5.32 Å². The summed E-state index contributed by atoms with van der Waals surface area (Å²) in [5.74, 6) is 1.15. The maximum Gasteiger partial charge on any atom is 0.319 e. The fraction of sp³-hybridized carbons (Fsp3) is 0.200. The second kappa shape index (κ2) is 9.43. The van der Waals surface area contributed by atoms with Crippen molar-refractivity contribution in [3.63, 3.8) is 0 Å². The van der Waals surface area contributed by atoms with Crippen LogP contribution in [-0.4, -0.2) is 32.7 Å². The van der Waals surface area contributed by atoms with E-state index in [1.807, 2.05) is 48.5 Å². The first-order valence-corrected chi connectivity index (χ1v) is 10.3. The molecule has 2 N–H and O–H groups in total. The number of amides is 3. The number of anilines is 2. The fourth-order valence-corrected chi connectivity index (χ4v) is 3.72. The lowest BCUT2D eigenvalue weighted by atomic mass is 10.1. The molecular formula is C25H25N3O4. The standard InChI is InChI=1S/C25H25N3O4/c1-31-21-13-20(14-22(15-21)32-2)27-25(30)26-16-17-8-9-18-10-11-28(23(18)12-17)24(29)19-6-4-3-5-7-19/h3-9,12-15H,10-11,16H2,1-2H3,(H2,26,27,30). The van der Waals surface area contributed by atoms with Crippen molar-refractivity contribution < 1.29 is 19.1 Å². The Kier molecular flexibility index (Phi) is 6.26. The van der Waals surface area contributed by atoms with Crippen molar-refractivity contribution in [3.05, 3.63) is 83.4 Å². The highest BCUT2D eigenvalue weighted by molar-refractivity contribution is 6.07. The number of methoxy groups -OCH3 is 2. The Hall–Kier alpha value is -4.00. The summed E-state index contributed by atoms with van der Waals surface area (Å²) in [7, 11) is 3.11. The topological polar surface area (TPSA) is 79.9 Å². The van der Waals surface area contributed by atoms with Gasteiger partial charge in [0.2, 0.25) is 0 Å². The zero-order valence-corrected chi connectivity index (χ0v) is 18.1. The number of carbonyl (C=O) groups excluding carboxylic acids is 2. The minimum Gasteiger partial charge on any atom is -0.497 e. The van der Waals surface area contributed by atoms with E-state index >= 15 is 0 Å². The summed E-state index contributed by atoms with van der Waals surface area (Å²) in [6, 6.07) is 20.0. The quantitative estimate of drug-likeness (QED) is 0.612. The summed E-state index contributed by atoms with van der Waals surface area (Å²) in [5, 5.41) is 5.64. The molecule has 0 unspecified atom stereocenters. The second-order valence-electron chi connectivity index (χ2n) is 7.44. The Balaban J connectivity index is 1.42. The predicted molar refractivity (Wildman–Crippen MR) is 124 cm³/mol. The Morgan fingerprint density at radius 2 is 1.66 bits per heavy atom. The van der Waals surface area contributed by atoms with E-state index in [0.29, 0.717) is 35.8 Å². The van der Waals surface area contributed by atoms with Crippen molar-refractivity contribution in [2.75, 3.05) is 31.0 Å². The van der Waals surface area contributed by atoms with E-state index in [1.165, 1.54) is 0 Å². The summed E-state index contributed by atoms with van der Waals surface area (Å²) in [5.41, 5.74) is 4.17. The van der Waals surface area contributed by atoms with Gasteiger partial charge in [0.05, 0.1) is 14.2 Å². The number of carbonyl (C=O) groups is 2. The normalized spacial score (nSPS) is 12.1. The van der Waals surface area contributed by atoms with Crippen molar-refractivity contribution in [1.29, 1.82) is 0 Å². The van der Waals surface area contributed by atoms with Gasteiger partial charge in [-0.1, -0.05) is 30.3 Å². The lowest BCUT2D eigenvalue weighted by Crippen LogP contribution is -2.29. The summed E-state index contributed by atoms with van der Waals surface area (Å²) in [4.78, 5) is 27.1. The number of rotatable bonds is 6. The van der Waals surface area contributed by atoms with Crippen LogP contribution in [0, 0.1) is 0 Å². The third-order valence-corrected chi connectivity index (χ3v) is 5.37. The first-order chi connectivity index (χ1) is 15.6. The maximum atomic E-state index is 12.9. The average Bonchev–Trinajstić information content (AvgIpc) is 3.25. The van der Waals surface area contributed by atoms with Gasteiger partial charge in [0.15, 0.2) is 0 Å². The third-order valence-electron chi connectivity index (χ3n) is 5.37. The largest absolute Gasteiger partial charge is 0.497 e. The maximum absolute atomic E-state index is 12.9. The lowest BCUT2D eigenvalue weighted by Gasteiger charge is -2.18. The number of hydrogen-bond donors (Lipinski definition) is 2. The number of fused-ring (bicyclic) bond motifs is 1. The van der Waals surface area contributed by atoms with E-state index in [9.17, 15) is 9.59 Å². The van der Waals surface area contributed by atoms with Gasteiger partial charge >= 0.3 is 6.03 Å². The van der Waals surface area contributed by atoms with Crippen LogP contribution in [0.2, 0.25) is 0 Å². The Morgan fingerprint density at radius 1 is 0.938 bits per heavy atom. The molecule has 0 saturated carbocycles. The van der Waals surface area contributed by atoms with Crippen molar-refractivity contribution in [2.45, 2.75) is 13.0 Å². The molecule has 3 aromatic carbocycles. The van der Waals surface area contributed by atoms with Gasteiger partial charge in [-0.2, -0.15) is 0 Å². The molecule has 0 saturated heterocycles. The van der Waals surface area contributed by atoms with Crippen LogP contribution in [0.15, 0.2) is 66.7 Å². The number of benzene rings is 3. The van der Waals surface area contributed by atoms with Crippen LogP contribution in [0.1, 0.15) is 21.5 Å². The van der Waals surface area contributed by atoms with Gasteiger partial charge in [0, 0.05) is 48.2 Å². The molecule has 1 heterocycles. The van der Waals surface area contributed by atoms with Crippen LogP contribution in [0.25, 0.3) is 0 Å². The van der Waals surface area contributed by atoms with Gasteiger partial charge in [0.1, 0.15) is 11.5 Å². The van der Waals surface area contributed by atoms with E-state index in [-0.39, 0.29) is 11.9 Å². The number of nitrogens with one attached hydrogen (secondary N) is 2. The molecule has 0 bridgehead atoms. The van der Waals surface area contributed by atoms with Crippen LogP contribution in [-0.2, 0) is 13.0 Å². The van der Waals surface area contributed by atoms with E-state index in [0.717, 1.165) is 23.2 Å². The molecule has 7 heteroatoms. The molecule has 164 valence electrons. The Bertz CT molecular complexity index is 1110. The smallest absolute Gasteiger partial charge is 0.319 e. The van der Waals surface area contributed by atoms with E-state index < -0.39 is 0 Å². The van der Waals surface area contributed by atoms with Crippen LogP contribution < -0.4 is 25.0 Å². The zero-order chi connectivity index (χ0) is 22.5. The summed E-state index contributed by atoms with van der Waals surface area (Å²) >= 11 is 0. The van der Waals surface area contributed by atoms with Gasteiger partial charge in [-0.05, 0) is 35.7 Å². The van der Waals surface area contributed by atoms with Gasteiger partial charge in [-0.15, -0.1) is 0 Å². The summed E-state index contributed by atoms with van der Waals surface area (Å²) < 4.78 is 10.5. The van der Waals surface area contributed by atoms with Crippen molar-refractivity contribution >= 4 is 23.3 Å². The molecule has 0 atom stereocenters. The monoisotopic (exact) mass is 431 g/mol. The molecule has 0 radical (unpaired) electrons. The zero-order valence-electron chi connectivity index (χ0n) is 18.1. The Morgan fingerprint density at radius 3 is 2.34 bits per heavy atom. The van der Waals surface area contributed by atoms with Crippen molar-refractivity contribution in [3.8, 4) is 11.5 Å². The molecule has 1 aliphatic rings. The van der Waals surface area contributed by atoms with Crippen LogP contribution in [0.3, 0.4) is 0 Å². The van der Waals surface area contributed by atoms with Crippen LogP contribution >= 0.6 is 0 Å². The molecular weight excluding hydrogens is 406 g/mol. The van der Waals surface area contributed by atoms with Crippen LogP contribution in [0.5, 0.6) is 11.5 Å². The van der Waals surface area contributed by atoms with Gasteiger partial charge in [-0.3, -0.25) is 4.79 Å². The first kappa shape index (κ1) is 21.2. The minimum atomic E-state index is -0.349. The molecule has 4 rings (SSSR count). The lowest BCUT2D eigenvalue weighted by molar-refractivity contribution is 0.0989. The molecule has 3 aromatic rings.